The fraction of sp³-hybridized carbons (Fsp3) is 0.0833. The third-order valence-corrected chi connectivity index (χ3v) is 2.52. The largest absolute Gasteiger partial charge is 0.508 e. The molecule has 0 unspecified atom stereocenters. The molecule has 0 fully saturated rings. The molecule has 2 aliphatic rings. The van der Waals surface area contributed by atoms with Crippen molar-refractivity contribution in [1.29, 1.82) is 0 Å². The molecule has 3 rings (SSSR count). The number of fused-ring (bicyclic) bond motifs is 2. The molecule has 1 aliphatic carbocycles. The van der Waals surface area contributed by atoms with Crippen molar-refractivity contribution in [2.75, 3.05) is 5.32 Å². The van der Waals surface area contributed by atoms with Crippen LogP contribution in [0.1, 0.15) is 6.42 Å². The summed E-state index contributed by atoms with van der Waals surface area (Å²) in [4.78, 5) is 11.2. The molecule has 1 aromatic rings. The lowest BCUT2D eigenvalue weighted by Crippen LogP contribution is -2.18. The topological polar surface area (TPSA) is 58.6 Å². The van der Waals surface area contributed by atoms with Gasteiger partial charge in [-0.05, 0) is 18.2 Å². The maximum absolute atomic E-state index is 11.2. The Hall–Kier alpha value is -2.23. The van der Waals surface area contributed by atoms with Crippen LogP contribution < -0.4 is 10.1 Å². The summed E-state index contributed by atoms with van der Waals surface area (Å²) in [5.41, 5.74) is 1.59. The molecule has 0 spiro atoms. The molecule has 1 aliphatic heterocycles. The Balaban J connectivity index is 2.07. The number of phenolic OH excluding ortho intramolecular Hbond substituents is 1. The van der Waals surface area contributed by atoms with Crippen LogP contribution in [0.25, 0.3) is 0 Å². The van der Waals surface area contributed by atoms with Crippen molar-refractivity contribution in [2.45, 2.75) is 6.42 Å². The number of aromatic hydroxyl groups is 1. The minimum absolute atomic E-state index is 0.0177. The number of hydrogen-bond acceptors (Lipinski definition) is 4. The fourth-order valence-electron chi connectivity index (χ4n) is 1.75. The first-order valence-electron chi connectivity index (χ1n) is 4.95. The maximum atomic E-state index is 11.2. The number of ether oxygens (including phenoxy) is 1. The van der Waals surface area contributed by atoms with Crippen molar-refractivity contribution in [3.8, 4) is 11.5 Å². The number of hydrogen-bond donors (Lipinski definition) is 2. The molecule has 0 saturated heterocycles. The number of nitrogens with one attached hydrogen (secondary N) is 1. The van der Waals surface area contributed by atoms with Crippen LogP contribution in [0.5, 0.6) is 11.5 Å². The Morgan fingerprint density at radius 3 is 3.12 bits per heavy atom. The normalized spacial score (nSPS) is 17.4. The van der Waals surface area contributed by atoms with Crippen LogP contribution in [0.3, 0.4) is 0 Å². The molecule has 2 N–H and O–H groups in total. The van der Waals surface area contributed by atoms with Crippen molar-refractivity contribution >= 4 is 11.5 Å². The highest BCUT2D eigenvalue weighted by Crippen LogP contribution is 2.37. The summed E-state index contributed by atoms with van der Waals surface area (Å²) in [6, 6.07) is 4.83. The highest BCUT2D eigenvalue weighted by Gasteiger charge is 2.22. The zero-order valence-electron chi connectivity index (χ0n) is 8.36. The molecule has 0 radical (unpaired) electrons. The molecule has 0 aromatic heterocycles. The van der Waals surface area contributed by atoms with Gasteiger partial charge in [0.1, 0.15) is 5.75 Å². The first-order chi connectivity index (χ1) is 7.72. The second-order valence-corrected chi connectivity index (χ2v) is 3.70. The minimum atomic E-state index is 0.0177. The number of rotatable bonds is 0. The van der Waals surface area contributed by atoms with E-state index in [0.29, 0.717) is 17.9 Å². The molecular formula is C12H9NO3. The van der Waals surface area contributed by atoms with Gasteiger partial charge in [-0.2, -0.15) is 0 Å². The lowest BCUT2D eigenvalue weighted by Gasteiger charge is -2.25. The standard InChI is InChI=1S/C12H9NO3/c14-7-1-3-9-11(5-7)16-12-6-8(15)2-4-10(12)13-9/h1,3-6,13-14H,2H2. The van der Waals surface area contributed by atoms with Crippen molar-refractivity contribution < 1.29 is 14.6 Å². The first-order valence-corrected chi connectivity index (χ1v) is 4.95. The van der Waals surface area contributed by atoms with Gasteiger partial charge in [0.05, 0.1) is 11.4 Å². The van der Waals surface area contributed by atoms with Gasteiger partial charge in [-0.15, -0.1) is 0 Å². The predicted octanol–water partition coefficient (Wildman–Crippen LogP) is 1.94. The van der Waals surface area contributed by atoms with Crippen molar-refractivity contribution in [3.05, 3.63) is 41.8 Å². The van der Waals surface area contributed by atoms with E-state index in [1.165, 1.54) is 12.1 Å². The average Bonchev–Trinajstić information content (AvgIpc) is 2.26. The lowest BCUT2D eigenvalue weighted by molar-refractivity contribution is -0.114. The van der Waals surface area contributed by atoms with Crippen LogP contribution in [-0.2, 0) is 4.79 Å². The zero-order chi connectivity index (χ0) is 11.1. The molecule has 1 aromatic carbocycles. The summed E-state index contributed by atoms with van der Waals surface area (Å²) in [5.74, 6) is 1.19. The molecule has 16 heavy (non-hydrogen) atoms. The Bertz CT molecular complexity index is 543. The lowest BCUT2D eigenvalue weighted by atomic mass is 10.1. The number of carbonyl (C=O) groups excluding carboxylic acids is 1. The third-order valence-electron chi connectivity index (χ3n) is 2.52. The Morgan fingerprint density at radius 2 is 2.25 bits per heavy atom. The van der Waals surface area contributed by atoms with Gasteiger partial charge in [0.15, 0.2) is 17.3 Å². The number of anilines is 1. The van der Waals surface area contributed by atoms with E-state index < -0.39 is 0 Å². The van der Waals surface area contributed by atoms with E-state index in [1.807, 2.05) is 0 Å². The third kappa shape index (κ3) is 1.35. The van der Waals surface area contributed by atoms with Gasteiger partial charge in [-0.1, -0.05) is 0 Å². The quantitative estimate of drug-likeness (QED) is 0.649. The average molecular weight is 215 g/mol. The molecule has 0 saturated carbocycles. The van der Waals surface area contributed by atoms with E-state index in [2.05, 4.69) is 5.32 Å². The summed E-state index contributed by atoms with van der Waals surface area (Å²) >= 11 is 0. The summed E-state index contributed by atoms with van der Waals surface area (Å²) in [5, 5.41) is 12.5. The van der Waals surface area contributed by atoms with Crippen molar-refractivity contribution in [3.63, 3.8) is 0 Å². The molecule has 0 atom stereocenters. The number of ketones is 1. The minimum Gasteiger partial charge on any atom is -0.508 e. The highest BCUT2D eigenvalue weighted by molar-refractivity contribution is 5.94. The second-order valence-electron chi connectivity index (χ2n) is 3.70. The molecule has 1 heterocycles. The Kier molecular flexibility index (Phi) is 1.77. The Morgan fingerprint density at radius 1 is 1.38 bits per heavy atom. The smallest absolute Gasteiger partial charge is 0.163 e. The number of allylic oxidation sites excluding steroid dienone is 2. The van der Waals surface area contributed by atoms with Crippen LogP contribution in [-0.4, -0.2) is 10.9 Å². The molecule has 0 bridgehead atoms. The summed E-state index contributed by atoms with van der Waals surface area (Å²) in [6.45, 7) is 0. The first kappa shape index (κ1) is 9.03. The van der Waals surface area contributed by atoms with E-state index in [4.69, 9.17) is 4.74 Å². The van der Waals surface area contributed by atoms with E-state index >= 15 is 0 Å². The number of benzene rings is 1. The van der Waals surface area contributed by atoms with Crippen molar-refractivity contribution in [1.82, 2.24) is 0 Å². The molecule has 4 nitrogen and oxygen atoms in total. The van der Waals surface area contributed by atoms with Gasteiger partial charge < -0.3 is 15.2 Å². The van der Waals surface area contributed by atoms with Gasteiger partial charge >= 0.3 is 0 Å². The molecule has 80 valence electrons. The summed E-state index contributed by atoms with van der Waals surface area (Å²) in [6.07, 6.45) is 3.66. The van der Waals surface area contributed by atoms with Crippen LogP contribution in [0.15, 0.2) is 41.8 Å². The predicted molar refractivity (Wildman–Crippen MR) is 58.1 cm³/mol. The van der Waals surface area contributed by atoms with Crippen LogP contribution in [0, 0.1) is 0 Å². The second kappa shape index (κ2) is 3.13. The summed E-state index contributed by atoms with van der Waals surface area (Å²) in [7, 11) is 0. The SMILES string of the molecule is O=C1C=C2Oc3cc(O)ccc3NC2=CC1. The van der Waals surface area contributed by atoms with E-state index in [9.17, 15) is 9.90 Å². The number of phenols is 1. The van der Waals surface area contributed by atoms with Gasteiger partial charge in [-0.3, -0.25) is 4.79 Å². The Labute approximate surface area is 91.8 Å². The van der Waals surface area contributed by atoms with Gasteiger partial charge in [0, 0.05) is 18.6 Å². The van der Waals surface area contributed by atoms with E-state index in [1.54, 1.807) is 18.2 Å². The number of carbonyl (C=O) groups is 1. The molecule has 4 heteroatoms. The summed E-state index contributed by atoms with van der Waals surface area (Å²) < 4.78 is 5.54. The molecular weight excluding hydrogens is 206 g/mol. The van der Waals surface area contributed by atoms with E-state index in [0.717, 1.165) is 11.4 Å². The van der Waals surface area contributed by atoms with Gasteiger partial charge in [0.2, 0.25) is 0 Å². The fourth-order valence-corrected chi connectivity index (χ4v) is 1.75. The van der Waals surface area contributed by atoms with Crippen LogP contribution >= 0.6 is 0 Å². The molecule has 0 amide bonds. The highest BCUT2D eigenvalue weighted by atomic mass is 16.5. The van der Waals surface area contributed by atoms with Crippen LogP contribution in [0.2, 0.25) is 0 Å². The van der Waals surface area contributed by atoms with Gasteiger partial charge in [-0.25, -0.2) is 0 Å². The monoisotopic (exact) mass is 215 g/mol. The van der Waals surface area contributed by atoms with Gasteiger partial charge in [0.25, 0.3) is 0 Å². The van der Waals surface area contributed by atoms with Crippen LogP contribution in [0.4, 0.5) is 5.69 Å². The van der Waals surface area contributed by atoms with E-state index in [-0.39, 0.29) is 11.5 Å². The van der Waals surface area contributed by atoms with Crippen molar-refractivity contribution in [2.24, 2.45) is 0 Å². The maximum Gasteiger partial charge on any atom is 0.163 e. The zero-order valence-corrected chi connectivity index (χ0v) is 8.36.